The normalized spacial score (nSPS) is 15.2. The first-order chi connectivity index (χ1) is 29.8. The number of unbranched alkanes of at least 4 members (excludes halogenated alkanes) is 16. The largest absolute Gasteiger partial charge is 0.756 e. The van der Waals surface area contributed by atoms with Crippen LogP contribution >= 0.6 is 7.82 Å². The summed E-state index contributed by atoms with van der Waals surface area (Å²) in [5, 5.41) is 20.0. The maximum atomic E-state index is 12.7. The van der Waals surface area contributed by atoms with E-state index >= 15 is 0 Å². The number of carbonyl (C=O) groups is 2. The Balaban J connectivity index is 4.54. The standard InChI is InChI=1S/C50H88NO10P/c1-6-8-10-11-12-13-14-15-16-17-18-19-20-21-22-26-34-40-49(54)58-44-48(45-60-62(56,57)59-43-42-51(3,4)5)61-50(55)41-35-27-24-23-25-31-37-47(53)39-33-29-28-32-38-46(52)36-30-9-7-2/h9,24-25,27-33,38-39,46-48,52-53H,6-8,10-23,26,34-37,40-45H2,1-5H3/b27-24-,29-28-,30-9-,31-25-,38-32+,39-33+/t46-,47+,48+/m0/s1. The van der Waals surface area contributed by atoms with Gasteiger partial charge in [-0.2, -0.15) is 0 Å². The number of phosphoric acid groups is 1. The number of hydrogen-bond acceptors (Lipinski definition) is 10. The third-order valence-electron chi connectivity index (χ3n) is 9.92. The molecule has 0 saturated carbocycles. The summed E-state index contributed by atoms with van der Waals surface area (Å²) in [5.74, 6) is -1.00. The van der Waals surface area contributed by atoms with Gasteiger partial charge in [0.2, 0.25) is 0 Å². The minimum absolute atomic E-state index is 0.0417. The van der Waals surface area contributed by atoms with Crippen molar-refractivity contribution >= 4 is 19.8 Å². The Bertz CT molecular complexity index is 1320. The van der Waals surface area contributed by atoms with Crippen LogP contribution in [0.3, 0.4) is 0 Å². The van der Waals surface area contributed by atoms with E-state index in [9.17, 15) is 29.3 Å². The lowest BCUT2D eigenvalue weighted by atomic mass is 10.0. The van der Waals surface area contributed by atoms with Crippen LogP contribution in [0, 0.1) is 0 Å². The number of nitrogens with zero attached hydrogens (tertiary/aromatic N) is 1. The quantitative estimate of drug-likeness (QED) is 0.0151. The van der Waals surface area contributed by atoms with Gasteiger partial charge in [0.1, 0.15) is 19.8 Å². The second kappa shape index (κ2) is 41.1. The summed E-state index contributed by atoms with van der Waals surface area (Å²) in [6.07, 6.45) is 44.4. The van der Waals surface area contributed by atoms with Crippen molar-refractivity contribution in [2.45, 2.75) is 186 Å². The SMILES string of the molecule is CC/C=C\C[C@H](O)/C=C/C=C\C=C\[C@H](O)C/C=C\C/C=C\CCC(=O)O[C@H](COC(=O)CCCCCCCCCCCCCCCCCCC)COP(=O)([O-])OCC[N+](C)(C)C. The highest BCUT2D eigenvalue weighted by Gasteiger charge is 2.21. The molecule has 358 valence electrons. The first-order valence-corrected chi connectivity index (χ1v) is 25.3. The second-order valence-corrected chi connectivity index (χ2v) is 18.6. The van der Waals surface area contributed by atoms with Crippen molar-refractivity contribution in [1.82, 2.24) is 0 Å². The Morgan fingerprint density at radius 1 is 0.613 bits per heavy atom. The molecule has 0 heterocycles. The van der Waals surface area contributed by atoms with Gasteiger partial charge in [0.15, 0.2) is 6.10 Å². The monoisotopic (exact) mass is 894 g/mol. The molecule has 11 nitrogen and oxygen atoms in total. The number of esters is 2. The molecule has 0 aliphatic rings. The molecule has 0 aliphatic heterocycles. The molecule has 0 aromatic carbocycles. The van der Waals surface area contributed by atoms with Crippen LogP contribution in [-0.4, -0.2) is 92.5 Å². The van der Waals surface area contributed by atoms with Crippen LogP contribution in [0.5, 0.6) is 0 Å². The van der Waals surface area contributed by atoms with Gasteiger partial charge in [-0.3, -0.25) is 14.2 Å². The summed E-state index contributed by atoms with van der Waals surface area (Å²) in [4.78, 5) is 37.6. The Hall–Kier alpha value is -2.63. The molecule has 4 atom stereocenters. The summed E-state index contributed by atoms with van der Waals surface area (Å²) in [7, 11) is 1.04. The molecule has 0 aromatic heterocycles. The number of rotatable bonds is 42. The van der Waals surface area contributed by atoms with E-state index in [4.69, 9.17) is 18.5 Å². The molecule has 2 N–H and O–H groups in total. The number of aliphatic hydroxyl groups excluding tert-OH is 2. The molecule has 0 rings (SSSR count). The lowest BCUT2D eigenvalue weighted by molar-refractivity contribution is -0.870. The minimum Gasteiger partial charge on any atom is -0.756 e. The van der Waals surface area contributed by atoms with Gasteiger partial charge in [0.05, 0.1) is 40.0 Å². The van der Waals surface area contributed by atoms with Crippen LogP contribution in [0.1, 0.15) is 168 Å². The summed E-state index contributed by atoms with van der Waals surface area (Å²) in [6.45, 7) is 3.83. The van der Waals surface area contributed by atoms with Crippen LogP contribution in [0.2, 0.25) is 0 Å². The summed E-state index contributed by atoms with van der Waals surface area (Å²) in [5.41, 5.74) is 0. The topological polar surface area (TPSA) is 152 Å². The van der Waals surface area contributed by atoms with Crippen molar-refractivity contribution in [3.05, 3.63) is 72.9 Å². The molecule has 12 heteroatoms. The highest BCUT2D eigenvalue weighted by Crippen LogP contribution is 2.38. The molecular formula is C50H88NO10P. The Morgan fingerprint density at radius 3 is 1.63 bits per heavy atom. The van der Waals surface area contributed by atoms with Crippen molar-refractivity contribution < 1.29 is 52.3 Å². The molecule has 0 aliphatic carbocycles. The van der Waals surface area contributed by atoms with Gasteiger partial charge in [0, 0.05) is 12.8 Å². The van der Waals surface area contributed by atoms with Crippen LogP contribution < -0.4 is 4.89 Å². The number of likely N-dealkylation sites (N-methyl/N-ethyl adjacent to an activating group) is 1. The Kier molecular flexibility index (Phi) is 39.4. The summed E-state index contributed by atoms with van der Waals surface area (Å²) < 4.78 is 33.8. The summed E-state index contributed by atoms with van der Waals surface area (Å²) in [6, 6.07) is 0. The van der Waals surface area contributed by atoms with Crippen molar-refractivity contribution in [2.75, 3.05) is 47.5 Å². The van der Waals surface area contributed by atoms with Crippen LogP contribution in [0.4, 0.5) is 0 Å². The number of allylic oxidation sites excluding steroid dienone is 8. The van der Waals surface area contributed by atoms with E-state index in [1.165, 1.54) is 83.5 Å². The Labute approximate surface area is 377 Å². The maximum absolute atomic E-state index is 12.7. The lowest BCUT2D eigenvalue weighted by Crippen LogP contribution is -2.37. The van der Waals surface area contributed by atoms with Crippen molar-refractivity contribution in [1.29, 1.82) is 0 Å². The van der Waals surface area contributed by atoms with E-state index in [0.717, 1.165) is 25.7 Å². The van der Waals surface area contributed by atoms with Gasteiger partial charge in [-0.15, -0.1) is 0 Å². The van der Waals surface area contributed by atoms with E-state index in [2.05, 4.69) is 6.92 Å². The van der Waals surface area contributed by atoms with Crippen molar-refractivity contribution in [3.63, 3.8) is 0 Å². The second-order valence-electron chi connectivity index (χ2n) is 17.1. The number of ether oxygens (including phenoxy) is 2. The number of hydrogen-bond donors (Lipinski definition) is 2. The molecule has 0 bridgehead atoms. The fraction of sp³-hybridized carbons (Fsp3) is 0.720. The van der Waals surface area contributed by atoms with Gasteiger partial charge in [0.25, 0.3) is 7.82 Å². The average molecular weight is 894 g/mol. The van der Waals surface area contributed by atoms with Crippen LogP contribution in [0.15, 0.2) is 72.9 Å². The molecule has 0 spiro atoms. The number of phosphoric ester groups is 1. The smallest absolute Gasteiger partial charge is 0.306 e. The predicted molar refractivity (Wildman–Crippen MR) is 252 cm³/mol. The van der Waals surface area contributed by atoms with Gasteiger partial charge in [-0.1, -0.05) is 189 Å². The van der Waals surface area contributed by atoms with E-state index in [0.29, 0.717) is 43.1 Å². The Morgan fingerprint density at radius 2 is 1.11 bits per heavy atom. The zero-order chi connectivity index (χ0) is 46.0. The molecular weight excluding hydrogens is 806 g/mol. The number of carbonyl (C=O) groups excluding carboxylic acids is 2. The molecule has 62 heavy (non-hydrogen) atoms. The maximum Gasteiger partial charge on any atom is 0.306 e. The molecule has 0 fully saturated rings. The van der Waals surface area contributed by atoms with Crippen LogP contribution in [-0.2, 0) is 32.7 Å². The summed E-state index contributed by atoms with van der Waals surface area (Å²) >= 11 is 0. The fourth-order valence-corrected chi connectivity index (χ4v) is 6.88. The average Bonchev–Trinajstić information content (AvgIpc) is 3.21. The number of aliphatic hydroxyl groups is 2. The van der Waals surface area contributed by atoms with E-state index in [1.807, 2.05) is 64.5 Å². The highest BCUT2D eigenvalue weighted by atomic mass is 31.2. The molecule has 0 amide bonds. The van der Waals surface area contributed by atoms with Crippen LogP contribution in [0.25, 0.3) is 0 Å². The zero-order valence-corrected chi connectivity index (χ0v) is 40.4. The third kappa shape index (κ3) is 44.0. The van der Waals surface area contributed by atoms with E-state index < -0.39 is 44.7 Å². The molecule has 1 unspecified atom stereocenters. The van der Waals surface area contributed by atoms with Gasteiger partial charge in [-0.25, -0.2) is 0 Å². The lowest BCUT2D eigenvalue weighted by Gasteiger charge is -2.28. The number of quaternary nitrogens is 1. The first-order valence-electron chi connectivity index (χ1n) is 23.9. The van der Waals surface area contributed by atoms with Gasteiger partial charge in [-0.05, 0) is 38.5 Å². The molecule has 0 saturated heterocycles. The predicted octanol–water partition coefficient (Wildman–Crippen LogP) is 11.1. The van der Waals surface area contributed by atoms with E-state index in [1.54, 1.807) is 36.5 Å². The van der Waals surface area contributed by atoms with Gasteiger partial charge >= 0.3 is 11.9 Å². The highest BCUT2D eigenvalue weighted by molar-refractivity contribution is 7.45. The zero-order valence-electron chi connectivity index (χ0n) is 39.5. The molecule has 0 radical (unpaired) electrons. The minimum atomic E-state index is -4.68. The third-order valence-corrected chi connectivity index (χ3v) is 10.9. The first kappa shape index (κ1) is 59.4. The van der Waals surface area contributed by atoms with Crippen molar-refractivity contribution in [2.24, 2.45) is 0 Å². The van der Waals surface area contributed by atoms with Crippen molar-refractivity contribution in [3.8, 4) is 0 Å². The van der Waals surface area contributed by atoms with Gasteiger partial charge < -0.3 is 38.1 Å². The van der Waals surface area contributed by atoms with E-state index in [-0.39, 0.29) is 26.1 Å². The fourth-order valence-electron chi connectivity index (χ4n) is 6.15. The molecule has 0 aromatic rings.